The first-order valence-electron chi connectivity index (χ1n) is 5.41. The predicted molar refractivity (Wildman–Crippen MR) is 79.0 cm³/mol. The molecule has 0 atom stereocenters. The minimum Gasteiger partial charge on any atom is -0.368 e. The number of nitrogens with one attached hydrogen (secondary N) is 2. The molecule has 0 spiro atoms. The first-order chi connectivity index (χ1) is 9.04. The predicted octanol–water partition coefficient (Wildman–Crippen LogP) is 2.19. The molecule has 0 bridgehead atoms. The molecule has 0 saturated heterocycles. The average molecular weight is 342 g/mol. The van der Waals surface area contributed by atoms with E-state index in [0.29, 0.717) is 5.16 Å². The van der Waals surface area contributed by atoms with Crippen LogP contribution in [0.5, 0.6) is 0 Å². The third-order valence-electron chi connectivity index (χ3n) is 2.26. The quantitative estimate of drug-likeness (QED) is 0.740. The van der Waals surface area contributed by atoms with Gasteiger partial charge in [-0.3, -0.25) is 4.79 Å². The number of aromatic nitrogens is 3. The number of rotatable bonds is 4. The van der Waals surface area contributed by atoms with Gasteiger partial charge in [-0.25, -0.2) is 5.10 Å². The summed E-state index contributed by atoms with van der Waals surface area (Å²) in [5.74, 6) is 0.355. The second-order valence-electron chi connectivity index (χ2n) is 3.80. The van der Waals surface area contributed by atoms with Crippen LogP contribution in [0.25, 0.3) is 0 Å². The van der Waals surface area contributed by atoms with Crippen LogP contribution in [0.15, 0.2) is 27.8 Å². The van der Waals surface area contributed by atoms with Crippen LogP contribution in [0.3, 0.4) is 0 Å². The number of thioether (sulfide) groups is 1. The first kappa shape index (κ1) is 13.9. The van der Waals surface area contributed by atoms with E-state index < -0.39 is 0 Å². The Morgan fingerprint density at radius 2 is 2.37 bits per heavy atom. The minimum absolute atomic E-state index is 0.116. The number of benzene rings is 1. The van der Waals surface area contributed by atoms with Crippen LogP contribution in [0.4, 0.5) is 11.6 Å². The van der Waals surface area contributed by atoms with E-state index in [-0.39, 0.29) is 17.6 Å². The van der Waals surface area contributed by atoms with E-state index in [1.807, 2.05) is 25.1 Å². The molecule has 2 rings (SSSR count). The molecule has 0 aliphatic rings. The van der Waals surface area contributed by atoms with Crippen molar-refractivity contribution in [2.24, 2.45) is 0 Å². The van der Waals surface area contributed by atoms with Crippen molar-refractivity contribution in [1.82, 2.24) is 15.2 Å². The molecule has 6 nitrogen and oxygen atoms in total. The van der Waals surface area contributed by atoms with Crippen molar-refractivity contribution in [3.8, 4) is 0 Å². The molecule has 1 heterocycles. The smallest absolute Gasteiger partial charge is 0.234 e. The third kappa shape index (κ3) is 3.97. The van der Waals surface area contributed by atoms with Crippen molar-refractivity contribution in [3.63, 3.8) is 0 Å². The molecule has 0 fully saturated rings. The zero-order chi connectivity index (χ0) is 13.8. The van der Waals surface area contributed by atoms with Gasteiger partial charge in [0.2, 0.25) is 17.0 Å². The molecule has 19 heavy (non-hydrogen) atoms. The Balaban J connectivity index is 1.88. The molecule has 4 N–H and O–H groups in total. The fraction of sp³-hybridized carbons (Fsp3) is 0.182. The van der Waals surface area contributed by atoms with Gasteiger partial charge in [-0.2, -0.15) is 4.98 Å². The monoisotopic (exact) mass is 341 g/mol. The summed E-state index contributed by atoms with van der Waals surface area (Å²) in [5, 5.41) is 9.62. The maximum Gasteiger partial charge on any atom is 0.234 e. The van der Waals surface area contributed by atoms with Gasteiger partial charge in [0, 0.05) is 10.2 Å². The van der Waals surface area contributed by atoms with Crippen LogP contribution in [-0.4, -0.2) is 26.8 Å². The van der Waals surface area contributed by atoms with Crippen LogP contribution in [-0.2, 0) is 4.79 Å². The van der Waals surface area contributed by atoms with Crippen LogP contribution in [0.1, 0.15) is 5.56 Å². The maximum absolute atomic E-state index is 11.7. The Kier molecular flexibility index (Phi) is 4.43. The largest absolute Gasteiger partial charge is 0.368 e. The van der Waals surface area contributed by atoms with Crippen molar-refractivity contribution in [2.75, 3.05) is 16.8 Å². The summed E-state index contributed by atoms with van der Waals surface area (Å²) in [6.45, 7) is 1.96. The number of carbonyl (C=O) groups excluding carboxylic acids is 1. The summed E-state index contributed by atoms with van der Waals surface area (Å²) in [6, 6.07) is 5.63. The van der Waals surface area contributed by atoms with Gasteiger partial charge in [0.1, 0.15) is 0 Å². The van der Waals surface area contributed by atoms with Crippen LogP contribution < -0.4 is 11.1 Å². The van der Waals surface area contributed by atoms with E-state index in [0.717, 1.165) is 15.7 Å². The molecule has 100 valence electrons. The molecule has 8 heteroatoms. The van der Waals surface area contributed by atoms with E-state index in [1.165, 1.54) is 11.8 Å². The molecular formula is C11H12BrN5OS. The summed E-state index contributed by atoms with van der Waals surface area (Å²) < 4.78 is 1.01. The molecule has 0 radical (unpaired) electrons. The van der Waals surface area contributed by atoms with E-state index in [9.17, 15) is 4.79 Å². The highest BCUT2D eigenvalue weighted by Crippen LogP contribution is 2.20. The number of H-pyrrole nitrogens is 1. The lowest BCUT2D eigenvalue weighted by molar-refractivity contribution is -0.113. The second kappa shape index (κ2) is 6.07. The lowest BCUT2D eigenvalue weighted by Crippen LogP contribution is -2.14. The number of halogens is 1. The van der Waals surface area contributed by atoms with E-state index in [4.69, 9.17) is 5.73 Å². The molecule has 0 saturated carbocycles. The lowest BCUT2D eigenvalue weighted by Gasteiger charge is -2.06. The Bertz CT molecular complexity index is 601. The van der Waals surface area contributed by atoms with E-state index >= 15 is 0 Å². The Morgan fingerprint density at radius 1 is 1.58 bits per heavy atom. The van der Waals surface area contributed by atoms with Crippen molar-refractivity contribution in [1.29, 1.82) is 0 Å². The van der Waals surface area contributed by atoms with Gasteiger partial charge in [-0.1, -0.05) is 27.7 Å². The Morgan fingerprint density at radius 3 is 3.00 bits per heavy atom. The number of aryl methyl sites for hydroxylation is 1. The van der Waals surface area contributed by atoms with E-state index in [2.05, 4.69) is 36.4 Å². The van der Waals surface area contributed by atoms with Gasteiger partial charge in [-0.05, 0) is 30.7 Å². The summed E-state index contributed by atoms with van der Waals surface area (Å²) >= 11 is 4.63. The number of carbonyl (C=O) groups is 1. The molecule has 2 aromatic rings. The number of hydrogen-bond acceptors (Lipinski definition) is 5. The summed E-state index contributed by atoms with van der Waals surface area (Å²) in [6.07, 6.45) is 0. The summed E-state index contributed by atoms with van der Waals surface area (Å²) in [7, 11) is 0. The Labute approximate surface area is 122 Å². The van der Waals surface area contributed by atoms with Gasteiger partial charge in [0.05, 0.1) is 5.75 Å². The number of hydrogen-bond donors (Lipinski definition) is 3. The van der Waals surface area contributed by atoms with Crippen molar-refractivity contribution >= 4 is 45.2 Å². The van der Waals surface area contributed by atoms with Crippen molar-refractivity contribution in [2.45, 2.75) is 12.1 Å². The van der Waals surface area contributed by atoms with Gasteiger partial charge in [-0.15, -0.1) is 5.10 Å². The lowest BCUT2D eigenvalue weighted by atomic mass is 10.2. The van der Waals surface area contributed by atoms with Gasteiger partial charge < -0.3 is 11.1 Å². The van der Waals surface area contributed by atoms with Gasteiger partial charge >= 0.3 is 0 Å². The zero-order valence-corrected chi connectivity index (χ0v) is 12.5. The second-order valence-corrected chi connectivity index (χ2v) is 5.60. The zero-order valence-electron chi connectivity index (χ0n) is 10.1. The molecule has 0 unspecified atom stereocenters. The Hall–Kier alpha value is -1.54. The van der Waals surface area contributed by atoms with Crippen molar-refractivity contribution in [3.05, 3.63) is 28.2 Å². The highest BCUT2D eigenvalue weighted by Gasteiger charge is 2.07. The molecule has 0 aliphatic heterocycles. The van der Waals surface area contributed by atoms with Crippen LogP contribution in [0, 0.1) is 6.92 Å². The topological polar surface area (TPSA) is 96.7 Å². The van der Waals surface area contributed by atoms with E-state index in [1.54, 1.807) is 0 Å². The summed E-state index contributed by atoms with van der Waals surface area (Å²) in [5.41, 5.74) is 7.22. The standard InChI is InChI=1S/C11H12BrN5OS/c1-6-4-7(2-3-8(6)12)14-9(18)5-19-11-15-10(13)16-17-11/h2-4H,5H2,1H3,(H,14,18)(H3,13,15,16,17). The first-order valence-corrected chi connectivity index (χ1v) is 7.19. The summed E-state index contributed by atoms with van der Waals surface area (Å²) in [4.78, 5) is 15.7. The van der Waals surface area contributed by atoms with Crippen LogP contribution in [0.2, 0.25) is 0 Å². The van der Waals surface area contributed by atoms with Gasteiger partial charge in [0.15, 0.2) is 0 Å². The van der Waals surface area contributed by atoms with Crippen LogP contribution >= 0.6 is 27.7 Å². The number of anilines is 2. The highest BCUT2D eigenvalue weighted by atomic mass is 79.9. The number of nitrogens with two attached hydrogens (primary N) is 1. The number of nitrogens with zero attached hydrogens (tertiary/aromatic N) is 2. The molecule has 1 aromatic carbocycles. The number of aromatic amines is 1. The minimum atomic E-state index is -0.116. The molecule has 1 aromatic heterocycles. The maximum atomic E-state index is 11.7. The SMILES string of the molecule is Cc1cc(NC(=O)CSc2n[nH]c(N)n2)ccc1Br. The number of amides is 1. The van der Waals surface area contributed by atoms with Crippen molar-refractivity contribution < 1.29 is 4.79 Å². The fourth-order valence-electron chi connectivity index (χ4n) is 1.37. The number of nitrogen functional groups attached to an aromatic ring is 1. The third-order valence-corrected chi connectivity index (χ3v) is 3.99. The molecule has 0 aliphatic carbocycles. The molecule has 1 amide bonds. The average Bonchev–Trinajstić information content (AvgIpc) is 2.77. The fourth-order valence-corrected chi connectivity index (χ4v) is 2.22. The van der Waals surface area contributed by atoms with Gasteiger partial charge in [0.25, 0.3) is 0 Å². The highest BCUT2D eigenvalue weighted by molar-refractivity contribution is 9.10. The molecular weight excluding hydrogens is 330 g/mol. The normalized spacial score (nSPS) is 10.4.